The van der Waals surface area contributed by atoms with Crippen LogP contribution in [0.3, 0.4) is 0 Å². The molecule has 3 aromatic carbocycles. The number of anilines is 1. The molecule has 3 aliphatic rings. The third-order valence-corrected chi connectivity index (χ3v) is 12.6. The lowest BCUT2D eigenvalue weighted by atomic mass is 9.81. The molecular formula is C34H25Br2ClN2O5. The smallest absolute Gasteiger partial charge is 0.339 e. The number of amides is 2. The number of halogens is 3. The first-order chi connectivity index (χ1) is 21.2. The number of ketones is 1. The van der Waals surface area contributed by atoms with Crippen molar-refractivity contribution in [1.82, 2.24) is 4.98 Å². The third kappa shape index (κ3) is 4.63. The van der Waals surface area contributed by atoms with Gasteiger partial charge in [-0.05, 0) is 49.4 Å². The van der Waals surface area contributed by atoms with Gasteiger partial charge in [-0.15, -0.1) is 0 Å². The Bertz CT molecular complexity index is 1820. The van der Waals surface area contributed by atoms with Crippen molar-refractivity contribution >= 4 is 83.6 Å². The SMILES string of the molecule is CC(OC(=O)c1cc(-c2ccc(N3C(=O)C4C5CC(C(Br)C5Br)C4C3=O)cc2)nc2c(Cl)cccc12)C(=O)c1ccccc1. The minimum atomic E-state index is -1.01. The summed E-state index contributed by atoms with van der Waals surface area (Å²) in [6.07, 6.45) is -0.147. The van der Waals surface area contributed by atoms with Gasteiger partial charge >= 0.3 is 5.97 Å². The molecule has 7 atom stereocenters. The second-order valence-electron chi connectivity index (χ2n) is 11.5. The Morgan fingerprint density at radius 3 is 2.18 bits per heavy atom. The number of rotatable bonds is 6. The number of fused-ring (bicyclic) bond motifs is 6. The number of carbonyl (C=O) groups excluding carboxylic acids is 4. The molecule has 4 aromatic rings. The lowest BCUT2D eigenvalue weighted by molar-refractivity contribution is -0.123. The van der Waals surface area contributed by atoms with E-state index >= 15 is 0 Å². The predicted octanol–water partition coefficient (Wildman–Crippen LogP) is 7.27. The Hall–Kier alpha value is -3.40. The maximum absolute atomic E-state index is 13.5. The summed E-state index contributed by atoms with van der Waals surface area (Å²) in [7, 11) is 0. The van der Waals surface area contributed by atoms with E-state index < -0.39 is 12.1 Å². The minimum absolute atomic E-state index is 0.130. The molecule has 222 valence electrons. The summed E-state index contributed by atoms with van der Waals surface area (Å²) in [6.45, 7) is 1.54. The van der Waals surface area contributed by atoms with Gasteiger partial charge in [-0.2, -0.15) is 0 Å². The van der Waals surface area contributed by atoms with Crippen LogP contribution in [0.1, 0.15) is 34.1 Å². The molecule has 0 spiro atoms. The van der Waals surface area contributed by atoms with Crippen LogP contribution in [0, 0.1) is 23.7 Å². The van der Waals surface area contributed by atoms with E-state index in [0.717, 1.165) is 6.42 Å². The third-order valence-electron chi connectivity index (χ3n) is 9.13. The van der Waals surface area contributed by atoms with Crippen molar-refractivity contribution in [3.8, 4) is 11.3 Å². The lowest BCUT2D eigenvalue weighted by Crippen LogP contribution is -2.37. The van der Waals surface area contributed by atoms with Crippen LogP contribution < -0.4 is 4.90 Å². The summed E-state index contributed by atoms with van der Waals surface area (Å²) < 4.78 is 5.63. The first kappa shape index (κ1) is 29.3. The molecule has 7 nitrogen and oxygen atoms in total. The van der Waals surface area contributed by atoms with Gasteiger partial charge in [0.25, 0.3) is 0 Å². The van der Waals surface area contributed by atoms with Gasteiger partial charge in [0.2, 0.25) is 17.6 Å². The fourth-order valence-electron chi connectivity index (χ4n) is 7.03. The molecule has 1 aromatic heterocycles. The second-order valence-corrected chi connectivity index (χ2v) is 14.1. The standard InChI is InChI=1S/C34H25Br2ClN2O5/c1-16(31(40)18-6-3-2-4-7-18)44-34(43)21-15-25(38-30-20(21)8-5-9-24(30)37)17-10-12-19(13-11-17)39-32(41)26-22-14-23(27(26)33(39)42)29(36)28(22)35/h2-13,15-16,22-23,26-29H,14H2,1H3. The highest BCUT2D eigenvalue weighted by Crippen LogP contribution is 2.60. The van der Waals surface area contributed by atoms with E-state index in [1.54, 1.807) is 85.8 Å². The fraction of sp³-hybridized carbons (Fsp3) is 0.265. The number of benzene rings is 3. The van der Waals surface area contributed by atoms with Crippen LogP contribution in [0.15, 0.2) is 78.9 Å². The van der Waals surface area contributed by atoms with E-state index in [0.29, 0.717) is 38.4 Å². The molecule has 44 heavy (non-hydrogen) atoms. The average molecular weight is 737 g/mol. The zero-order chi connectivity index (χ0) is 30.9. The molecule has 0 radical (unpaired) electrons. The largest absolute Gasteiger partial charge is 0.451 e. The Morgan fingerprint density at radius 2 is 1.55 bits per heavy atom. The molecule has 1 saturated heterocycles. The number of ether oxygens (including phenoxy) is 1. The number of esters is 1. The highest BCUT2D eigenvalue weighted by molar-refractivity contribution is 9.12. The summed E-state index contributed by atoms with van der Waals surface area (Å²) in [5, 5.41) is 0.847. The molecule has 2 heterocycles. The van der Waals surface area contributed by atoms with Gasteiger partial charge in [0.15, 0.2) is 6.10 Å². The van der Waals surface area contributed by atoms with Crippen molar-refractivity contribution in [2.75, 3.05) is 4.90 Å². The maximum atomic E-state index is 13.5. The number of carbonyl (C=O) groups is 4. The second kappa shape index (κ2) is 11.2. The minimum Gasteiger partial charge on any atom is -0.451 e. The van der Waals surface area contributed by atoms with Gasteiger partial charge in [0.1, 0.15) is 0 Å². The van der Waals surface area contributed by atoms with Gasteiger partial charge in [0.05, 0.1) is 39.3 Å². The summed E-state index contributed by atoms with van der Waals surface area (Å²) in [5.74, 6) is -1.64. The molecule has 1 aliphatic heterocycles. The number of pyridine rings is 1. The fourth-order valence-corrected chi connectivity index (χ4v) is 9.12. The van der Waals surface area contributed by atoms with E-state index in [1.807, 2.05) is 0 Å². The van der Waals surface area contributed by atoms with Gasteiger partial charge < -0.3 is 4.74 Å². The number of para-hydroxylation sites is 1. The number of hydrogen-bond donors (Lipinski definition) is 0. The van der Waals surface area contributed by atoms with Crippen LogP contribution in [0.4, 0.5) is 5.69 Å². The molecule has 0 N–H and O–H groups in total. The molecule has 3 fully saturated rings. The number of imide groups is 1. The normalized spacial score (nSPS) is 26.2. The van der Waals surface area contributed by atoms with Gasteiger partial charge in [-0.1, -0.05) is 98.1 Å². The number of alkyl halides is 2. The first-order valence-corrected chi connectivity index (χ1v) is 16.5. The number of hydrogen-bond acceptors (Lipinski definition) is 6. The zero-order valence-electron chi connectivity index (χ0n) is 23.3. The van der Waals surface area contributed by atoms with Gasteiger partial charge in [-0.25, -0.2) is 9.78 Å². The monoisotopic (exact) mass is 734 g/mol. The molecule has 2 aliphatic carbocycles. The van der Waals surface area contributed by atoms with Crippen LogP contribution in [0.5, 0.6) is 0 Å². The molecule has 10 heteroatoms. The van der Waals surface area contributed by atoms with Crippen molar-refractivity contribution in [1.29, 1.82) is 0 Å². The van der Waals surface area contributed by atoms with Crippen LogP contribution in [0.25, 0.3) is 22.2 Å². The van der Waals surface area contributed by atoms with Gasteiger partial charge in [-0.3, -0.25) is 19.3 Å². The molecule has 2 bridgehead atoms. The Balaban J connectivity index is 1.19. The first-order valence-electron chi connectivity index (χ1n) is 14.3. The zero-order valence-corrected chi connectivity index (χ0v) is 27.3. The Kier molecular flexibility index (Phi) is 7.46. The van der Waals surface area contributed by atoms with Crippen molar-refractivity contribution in [2.45, 2.75) is 29.1 Å². The van der Waals surface area contributed by atoms with Crippen molar-refractivity contribution in [3.63, 3.8) is 0 Å². The van der Waals surface area contributed by atoms with Crippen molar-refractivity contribution in [2.24, 2.45) is 23.7 Å². The van der Waals surface area contributed by atoms with Crippen LogP contribution in [0.2, 0.25) is 5.02 Å². The maximum Gasteiger partial charge on any atom is 0.339 e. The Morgan fingerprint density at radius 1 is 0.909 bits per heavy atom. The van der Waals surface area contributed by atoms with Crippen LogP contribution in [-0.2, 0) is 14.3 Å². The van der Waals surface area contributed by atoms with E-state index in [4.69, 9.17) is 21.3 Å². The van der Waals surface area contributed by atoms with Gasteiger partial charge in [0, 0.05) is 26.2 Å². The molecule has 7 rings (SSSR count). The number of aromatic nitrogens is 1. The number of nitrogens with zero attached hydrogens (tertiary/aromatic N) is 2. The molecule has 7 unspecified atom stereocenters. The topological polar surface area (TPSA) is 93.6 Å². The summed E-state index contributed by atoms with van der Waals surface area (Å²) >= 11 is 14.0. The highest BCUT2D eigenvalue weighted by atomic mass is 79.9. The van der Waals surface area contributed by atoms with E-state index in [-0.39, 0.29) is 56.5 Å². The van der Waals surface area contributed by atoms with E-state index in [1.165, 1.54) is 4.90 Å². The quantitative estimate of drug-likeness (QED) is 0.0896. The lowest BCUT2D eigenvalue weighted by Gasteiger charge is -2.28. The highest BCUT2D eigenvalue weighted by Gasteiger charge is 2.66. The molecular weight excluding hydrogens is 712 g/mol. The van der Waals surface area contributed by atoms with E-state index in [2.05, 4.69) is 31.9 Å². The van der Waals surface area contributed by atoms with Crippen LogP contribution in [-0.4, -0.2) is 44.3 Å². The average Bonchev–Trinajstić information content (AvgIpc) is 3.65. The van der Waals surface area contributed by atoms with Crippen molar-refractivity contribution < 1.29 is 23.9 Å². The summed E-state index contributed by atoms with van der Waals surface area (Å²) in [5.41, 5.74) is 2.67. The predicted molar refractivity (Wildman–Crippen MR) is 174 cm³/mol. The molecule has 2 saturated carbocycles. The summed E-state index contributed by atoms with van der Waals surface area (Å²) in [6, 6.07) is 22.4. The van der Waals surface area contributed by atoms with E-state index in [9.17, 15) is 19.2 Å². The summed E-state index contributed by atoms with van der Waals surface area (Å²) in [4.78, 5) is 59.7. The number of Topliss-reactive ketones (excluding diaryl/α,β-unsaturated/α-hetero) is 1. The van der Waals surface area contributed by atoms with Crippen molar-refractivity contribution in [3.05, 3.63) is 95.0 Å². The van der Waals surface area contributed by atoms with Crippen LogP contribution >= 0.6 is 43.5 Å². The molecule has 2 amide bonds. The Labute approximate surface area is 275 Å².